The third-order valence-corrected chi connectivity index (χ3v) is 5.97. The van der Waals surface area contributed by atoms with Gasteiger partial charge in [-0.3, -0.25) is 10.1 Å². The van der Waals surface area contributed by atoms with Crippen molar-refractivity contribution in [2.24, 2.45) is 0 Å². The van der Waals surface area contributed by atoms with Gasteiger partial charge in [-0.15, -0.1) is 11.3 Å². The number of rotatable bonds is 7. The highest BCUT2D eigenvalue weighted by Crippen LogP contribution is 2.30. The first kappa shape index (κ1) is 21.1. The minimum Gasteiger partial charge on any atom is -0.490 e. The third kappa shape index (κ3) is 5.27. The number of nitrogens with one attached hydrogen (secondary N) is 3. The van der Waals surface area contributed by atoms with E-state index >= 15 is 0 Å². The molecule has 156 valence electrons. The Morgan fingerprint density at radius 3 is 2.69 bits per heavy atom. The first-order chi connectivity index (χ1) is 14.0. The molecule has 1 unspecified atom stereocenters. The average Bonchev–Trinajstić information content (AvgIpc) is 3.16. The van der Waals surface area contributed by atoms with Gasteiger partial charge in [0.1, 0.15) is 6.04 Å². The van der Waals surface area contributed by atoms with Gasteiger partial charge in [-0.25, -0.2) is 4.79 Å². The van der Waals surface area contributed by atoms with Gasteiger partial charge in [0.2, 0.25) is 0 Å². The van der Waals surface area contributed by atoms with Crippen LogP contribution < -0.4 is 25.0 Å². The molecule has 0 aliphatic carbocycles. The Hall–Kier alpha value is -2.58. The van der Waals surface area contributed by atoms with Crippen LogP contribution in [0.5, 0.6) is 11.5 Å². The van der Waals surface area contributed by atoms with Crippen LogP contribution in [-0.4, -0.2) is 38.2 Å². The Balaban J connectivity index is 1.55. The average molecular weight is 419 g/mol. The van der Waals surface area contributed by atoms with Crippen molar-refractivity contribution in [3.63, 3.8) is 0 Å². The number of quaternary nitrogens is 1. The van der Waals surface area contributed by atoms with Gasteiger partial charge in [0.25, 0.3) is 5.91 Å². The third-order valence-electron chi connectivity index (χ3n) is 4.97. The predicted octanol–water partition coefficient (Wildman–Crippen LogP) is 2.40. The van der Waals surface area contributed by atoms with Crippen LogP contribution in [0.2, 0.25) is 0 Å². The lowest BCUT2D eigenvalue weighted by molar-refractivity contribution is -0.924. The fraction of sp³-hybridized carbons (Fsp3) is 0.429. The Kier molecular flexibility index (Phi) is 7.11. The lowest BCUT2D eigenvalue weighted by Gasteiger charge is -2.29. The summed E-state index contributed by atoms with van der Waals surface area (Å²) in [5, 5.41) is 7.22. The molecule has 2 heterocycles. The number of imide groups is 1. The van der Waals surface area contributed by atoms with Crippen LogP contribution in [0.4, 0.5) is 10.5 Å². The highest BCUT2D eigenvalue weighted by Gasteiger charge is 2.30. The number of amides is 3. The maximum absolute atomic E-state index is 12.4. The molecule has 1 aliphatic heterocycles. The number of urea groups is 1. The topological polar surface area (TPSA) is 81.1 Å². The molecule has 0 fully saturated rings. The maximum Gasteiger partial charge on any atom is 0.326 e. The second kappa shape index (κ2) is 9.76. The van der Waals surface area contributed by atoms with Crippen LogP contribution in [0.25, 0.3) is 0 Å². The molecule has 0 saturated carbocycles. The van der Waals surface area contributed by atoms with Crippen LogP contribution in [0.3, 0.4) is 0 Å². The van der Waals surface area contributed by atoms with E-state index < -0.39 is 6.03 Å². The smallest absolute Gasteiger partial charge is 0.326 e. The summed E-state index contributed by atoms with van der Waals surface area (Å²) in [6.45, 7) is 8.05. The summed E-state index contributed by atoms with van der Waals surface area (Å²) in [7, 11) is 0. The number of carbonyl (C=O) groups is 2. The van der Waals surface area contributed by atoms with E-state index in [2.05, 4.69) is 29.0 Å². The van der Waals surface area contributed by atoms with E-state index in [9.17, 15) is 9.59 Å². The van der Waals surface area contributed by atoms with Crippen molar-refractivity contribution >= 4 is 29.0 Å². The number of thiophene rings is 1. The fourth-order valence-electron chi connectivity index (χ4n) is 3.56. The van der Waals surface area contributed by atoms with E-state index in [0.717, 1.165) is 13.0 Å². The van der Waals surface area contributed by atoms with Gasteiger partial charge in [-0.05, 0) is 44.4 Å². The standard InChI is InChI=1S/C21H27N3O4S/c1-4-27-17-7-6-15(12-18(17)28-5-2)22-21(26)23-20(25)13-24-10-8-19-16(14(24)3)9-11-29-19/h6-7,9,11-12,14H,4-5,8,10,13H2,1-3H3,(H2,22,23,25,26)/p+1/t14-/m1/s1. The molecular formula is C21H28N3O4S+. The van der Waals surface area contributed by atoms with Gasteiger partial charge in [0.05, 0.1) is 19.8 Å². The van der Waals surface area contributed by atoms with Crippen LogP contribution >= 0.6 is 11.3 Å². The molecule has 3 N–H and O–H groups in total. The van der Waals surface area contributed by atoms with E-state index in [1.807, 2.05) is 13.8 Å². The van der Waals surface area contributed by atoms with Crippen molar-refractivity contribution in [2.45, 2.75) is 33.2 Å². The van der Waals surface area contributed by atoms with Crippen molar-refractivity contribution in [2.75, 3.05) is 31.6 Å². The summed E-state index contributed by atoms with van der Waals surface area (Å²) >= 11 is 1.77. The lowest BCUT2D eigenvalue weighted by Crippen LogP contribution is -3.14. The molecule has 8 heteroatoms. The minimum atomic E-state index is -0.554. The molecule has 2 aromatic rings. The maximum atomic E-state index is 12.4. The van der Waals surface area contributed by atoms with Gasteiger partial charge in [-0.2, -0.15) is 0 Å². The van der Waals surface area contributed by atoms with E-state index in [1.165, 1.54) is 15.3 Å². The van der Waals surface area contributed by atoms with Gasteiger partial charge < -0.3 is 19.7 Å². The number of fused-ring (bicyclic) bond motifs is 1. The number of anilines is 1. The molecule has 0 radical (unpaired) electrons. The van der Waals surface area contributed by atoms with E-state index in [4.69, 9.17) is 9.47 Å². The van der Waals surface area contributed by atoms with Crippen molar-refractivity contribution in [3.8, 4) is 11.5 Å². The van der Waals surface area contributed by atoms with Crippen molar-refractivity contribution in [3.05, 3.63) is 40.1 Å². The highest BCUT2D eigenvalue weighted by molar-refractivity contribution is 7.10. The molecular weight excluding hydrogens is 390 g/mol. The molecule has 29 heavy (non-hydrogen) atoms. The van der Waals surface area contributed by atoms with Gasteiger partial charge in [-0.1, -0.05) is 0 Å². The van der Waals surface area contributed by atoms with Crippen LogP contribution in [0.15, 0.2) is 29.6 Å². The van der Waals surface area contributed by atoms with Gasteiger partial charge in [0.15, 0.2) is 18.0 Å². The number of hydrogen-bond acceptors (Lipinski definition) is 5. The second-order valence-corrected chi connectivity index (χ2v) is 7.89. The first-order valence-electron chi connectivity index (χ1n) is 9.93. The number of hydrogen-bond donors (Lipinski definition) is 3. The van der Waals surface area contributed by atoms with E-state index in [0.29, 0.717) is 30.4 Å². The Morgan fingerprint density at radius 1 is 1.17 bits per heavy atom. The fourth-order valence-corrected chi connectivity index (χ4v) is 4.54. The Morgan fingerprint density at radius 2 is 1.93 bits per heavy atom. The number of ether oxygens (including phenoxy) is 2. The SMILES string of the molecule is CCOc1ccc(NC(=O)NC(=O)C[NH+]2CCc3sccc3[C@H]2C)cc1OCC. The highest BCUT2D eigenvalue weighted by atomic mass is 32.1. The summed E-state index contributed by atoms with van der Waals surface area (Å²) in [6, 6.07) is 6.98. The second-order valence-electron chi connectivity index (χ2n) is 6.89. The quantitative estimate of drug-likeness (QED) is 0.645. The zero-order valence-electron chi connectivity index (χ0n) is 17.0. The van der Waals surface area contributed by atoms with Gasteiger partial charge >= 0.3 is 6.03 Å². The molecule has 1 aliphatic rings. The van der Waals surface area contributed by atoms with Crippen molar-refractivity contribution < 1.29 is 24.0 Å². The molecule has 2 atom stereocenters. The number of benzene rings is 1. The molecule has 1 aromatic heterocycles. The van der Waals surface area contributed by atoms with Crippen molar-refractivity contribution in [1.82, 2.24) is 5.32 Å². The summed E-state index contributed by atoms with van der Waals surface area (Å²) in [5.74, 6) is 0.877. The van der Waals surface area contributed by atoms with E-state index in [1.54, 1.807) is 29.5 Å². The molecule has 3 amide bonds. The minimum absolute atomic E-state index is 0.249. The molecule has 3 rings (SSSR count). The van der Waals surface area contributed by atoms with Crippen molar-refractivity contribution in [1.29, 1.82) is 0 Å². The lowest BCUT2D eigenvalue weighted by atomic mass is 10.0. The molecule has 0 bridgehead atoms. The van der Waals surface area contributed by atoms with Crippen LogP contribution in [-0.2, 0) is 11.2 Å². The normalized spacial score (nSPS) is 17.9. The zero-order chi connectivity index (χ0) is 20.8. The Bertz CT molecular complexity index is 867. The molecule has 1 aromatic carbocycles. The molecule has 0 saturated heterocycles. The van der Waals surface area contributed by atoms with E-state index in [-0.39, 0.29) is 18.5 Å². The summed E-state index contributed by atoms with van der Waals surface area (Å²) in [5.41, 5.74) is 1.84. The molecule has 0 spiro atoms. The summed E-state index contributed by atoms with van der Waals surface area (Å²) in [4.78, 5) is 27.2. The van der Waals surface area contributed by atoms with Gasteiger partial charge in [0, 0.05) is 28.6 Å². The summed E-state index contributed by atoms with van der Waals surface area (Å²) < 4.78 is 11.1. The Labute approximate surface area is 175 Å². The predicted molar refractivity (Wildman–Crippen MR) is 113 cm³/mol. The first-order valence-corrected chi connectivity index (χ1v) is 10.8. The van der Waals surface area contributed by atoms with Crippen LogP contribution in [0.1, 0.15) is 37.3 Å². The number of carbonyl (C=O) groups excluding carboxylic acids is 2. The largest absolute Gasteiger partial charge is 0.490 e. The molecule has 7 nitrogen and oxygen atoms in total. The summed E-state index contributed by atoms with van der Waals surface area (Å²) in [6.07, 6.45) is 0.971. The monoisotopic (exact) mass is 418 g/mol. The van der Waals surface area contributed by atoms with Crippen LogP contribution in [0, 0.1) is 0 Å². The zero-order valence-corrected chi connectivity index (χ0v) is 17.9.